The highest BCUT2D eigenvalue weighted by Crippen LogP contribution is 2.19. The van der Waals surface area contributed by atoms with Crippen LogP contribution in [0, 0.1) is 0 Å². The average molecular weight is 465 g/mol. The summed E-state index contributed by atoms with van der Waals surface area (Å²) in [6.07, 6.45) is 3.70. The van der Waals surface area contributed by atoms with Crippen LogP contribution in [0.2, 0.25) is 5.02 Å². The van der Waals surface area contributed by atoms with E-state index in [1.54, 1.807) is 0 Å². The molecule has 2 aliphatic rings. The highest BCUT2D eigenvalue weighted by Gasteiger charge is 2.19. The highest BCUT2D eigenvalue weighted by molar-refractivity contribution is 14.0. The van der Waals surface area contributed by atoms with Gasteiger partial charge in [-0.3, -0.25) is 4.99 Å². The van der Waals surface area contributed by atoms with Crippen molar-refractivity contribution in [2.45, 2.75) is 25.4 Å². The zero-order chi connectivity index (χ0) is 16.1. The van der Waals surface area contributed by atoms with Crippen LogP contribution in [0.5, 0.6) is 0 Å². The number of halogens is 2. The number of nitrogens with two attached hydrogens (primary N) is 1. The fourth-order valence-electron chi connectivity index (χ4n) is 3.14. The predicted octanol–water partition coefficient (Wildman–Crippen LogP) is 2.96. The second-order valence-corrected chi connectivity index (χ2v) is 6.55. The molecule has 0 bridgehead atoms. The maximum absolute atomic E-state index is 6.14. The van der Waals surface area contributed by atoms with E-state index in [2.05, 4.69) is 26.9 Å². The molecule has 0 spiro atoms. The van der Waals surface area contributed by atoms with Crippen molar-refractivity contribution in [3.05, 3.63) is 29.3 Å². The third kappa shape index (κ3) is 5.39. The molecule has 0 radical (unpaired) electrons. The van der Waals surface area contributed by atoms with Crippen molar-refractivity contribution in [1.82, 2.24) is 4.90 Å². The zero-order valence-corrected chi connectivity index (χ0v) is 17.0. The molecule has 2 N–H and O–H groups in total. The molecule has 0 aromatic heterocycles. The van der Waals surface area contributed by atoms with Crippen molar-refractivity contribution in [2.24, 2.45) is 10.7 Å². The van der Waals surface area contributed by atoms with Crippen molar-refractivity contribution >= 4 is 47.2 Å². The van der Waals surface area contributed by atoms with Gasteiger partial charge in [0, 0.05) is 50.0 Å². The second-order valence-electron chi connectivity index (χ2n) is 6.11. The van der Waals surface area contributed by atoms with Crippen LogP contribution in [0.25, 0.3) is 0 Å². The minimum atomic E-state index is 0. The lowest BCUT2D eigenvalue weighted by Crippen LogP contribution is -2.51. The SMILES string of the molecule is I.NC(=NCCC1CCCO1)N1CCN(c2ccc(Cl)cc2)CC1. The van der Waals surface area contributed by atoms with Crippen molar-refractivity contribution in [3.63, 3.8) is 0 Å². The number of rotatable bonds is 4. The number of benzene rings is 1. The molecule has 3 rings (SSSR count). The van der Waals surface area contributed by atoms with E-state index < -0.39 is 0 Å². The summed E-state index contributed by atoms with van der Waals surface area (Å²) in [4.78, 5) is 9.05. The largest absolute Gasteiger partial charge is 0.378 e. The minimum Gasteiger partial charge on any atom is -0.378 e. The molecule has 1 unspecified atom stereocenters. The van der Waals surface area contributed by atoms with Gasteiger partial charge in [-0.1, -0.05) is 11.6 Å². The van der Waals surface area contributed by atoms with Gasteiger partial charge >= 0.3 is 0 Å². The molecule has 1 aromatic carbocycles. The molecular weight excluding hydrogens is 439 g/mol. The van der Waals surface area contributed by atoms with E-state index in [0.29, 0.717) is 12.1 Å². The van der Waals surface area contributed by atoms with Gasteiger partial charge in [0.15, 0.2) is 5.96 Å². The Morgan fingerprint density at radius 3 is 2.54 bits per heavy atom. The number of ether oxygens (including phenoxy) is 1. The van der Waals surface area contributed by atoms with Gasteiger partial charge < -0.3 is 20.3 Å². The lowest BCUT2D eigenvalue weighted by Gasteiger charge is -2.36. The molecule has 0 saturated carbocycles. The topological polar surface area (TPSA) is 54.1 Å². The van der Waals surface area contributed by atoms with Gasteiger partial charge in [-0.05, 0) is 43.5 Å². The minimum absolute atomic E-state index is 0. The first kappa shape index (κ1) is 19.6. The number of anilines is 1. The van der Waals surface area contributed by atoms with Crippen molar-refractivity contribution in [1.29, 1.82) is 0 Å². The Balaban J connectivity index is 0.00000208. The first-order chi connectivity index (χ1) is 11.2. The molecule has 7 heteroatoms. The Hall–Kier alpha value is -0.730. The Kier molecular flexibility index (Phi) is 7.90. The molecule has 2 saturated heterocycles. The molecular formula is C17H26ClIN4O. The summed E-state index contributed by atoms with van der Waals surface area (Å²) in [5.74, 6) is 0.666. The van der Waals surface area contributed by atoms with Gasteiger partial charge in [-0.25, -0.2) is 0 Å². The molecule has 1 aromatic rings. The Bertz CT molecular complexity index is 526. The van der Waals surface area contributed by atoms with E-state index in [0.717, 1.165) is 57.2 Å². The number of hydrogen-bond acceptors (Lipinski definition) is 3. The third-order valence-corrected chi connectivity index (χ3v) is 4.80. The summed E-state index contributed by atoms with van der Waals surface area (Å²) in [6, 6.07) is 8.00. The zero-order valence-electron chi connectivity index (χ0n) is 13.9. The monoisotopic (exact) mass is 464 g/mol. The maximum atomic E-state index is 6.14. The van der Waals surface area contributed by atoms with Crippen molar-refractivity contribution in [3.8, 4) is 0 Å². The van der Waals surface area contributed by atoms with E-state index >= 15 is 0 Å². The van der Waals surface area contributed by atoms with Crippen LogP contribution >= 0.6 is 35.6 Å². The summed E-state index contributed by atoms with van der Waals surface area (Å²) in [7, 11) is 0. The van der Waals surface area contributed by atoms with Gasteiger partial charge in [0.25, 0.3) is 0 Å². The molecule has 1 atom stereocenters. The molecule has 134 valence electrons. The van der Waals surface area contributed by atoms with Crippen LogP contribution in [-0.2, 0) is 4.74 Å². The highest BCUT2D eigenvalue weighted by atomic mass is 127. The van der Waals surface area contributed by atoms with Crippen LogP contribution < -0.4 is 10.6 Å². The van der Waals surface area contributed by atoms with Crippen LogP contribution in [0.15, 0.2) is 29.3 Å². The van der Waals surface area contributed by atoms with Gasteiger partial charge in [0.1, 0.15) is 0 Å². The number of hydrogen-bond donors (Lipinski definition) is 1. The maximum Gasteiger partial charge on any atom is 0.191 e. The van der Waals surface area contributed by atoms with E-state index in [1.807, 2.05) is 12.1 Å². The summed E-state index contributed by atoms with van der Waals surface area (Å²) < 4.78 is 5.61. The fourth-order valence-corrected chi connectivity index (χ4v) is 3.27. The van der Waals surface area contributed by atoms with Gasteiger partial charge in [0.05, 0.1) is 6.10 Å². The average Bonchev–Trinajstić information content (AvgIpc) is 3.09. The van der Waals surface area contributed by atoms with Crippen LogP contribution in [0.3, 0.4) is 0 Å². The normalized spacial score (nSPS) is 21.7. The van der Waals surface area contributed by atoms with Crippen LogP contribution in [-0.4, -0.2) is 56.3 Å². The first-order valence-corrected chi connectivity index (χ1v) is 8.77. The molecule has 2 heterocycles. The number of nitrogens with zero attached hydrogens (tertiary/aromatic N) is 3. The quantitative estimate of drug-likeness (QED) is 0.423. The van der Waals surface area contributed by atoms with E-state index in [4.69, 9.17) is 22.1 Å². The molecule has 2 fully saturated rings. The smallest absolute Gasteiger partial charge is 0.191 e. The number of guanidine groups is 1. The summed E-state index contributed by atoms with van der Waals surface area (Å²) in [6.45, 7) is 5.35. The summed E-state index contributed by atoms with van der Waals surface area (Å²) in [5.41, 5.74) is 7.35. The second kappa shape index (κ2) is 9.68. The van der Waals surface area contributed by atoms with Gasteiger partial charge in [0.2, 0.25) is 0 Å². The van der Waals surface area contributed by atoms with Gasteiger partial charge in [-0.2, -0.15) is 0 Å². The number of aliphatic imine (C=N–C) groups is 1. The summed E-state index contributed by atoms with van der Waals surface area (Å²) in [5, 5.41) is 0.773. The molecule has 0 amide bonds. The Labute approximate surface area is 166 Å². The first-order valence-electron chi connectivity index (χ1n) is 8.39. The predicted molar refractivity (Wildman–Crippen MR) is 111 cm³/mol. The lowest BCUT2D eigenvalue weighted by atomic mass is 10.2. The van der Waals surface area contributed by atoms with Crippen LogP contribution in [0.1, 0.15) is 19.3 Å². The fraction of sp³-hybridized carbons (Fsp3) is 0.588. The molecule has 24 heavy (non-hydrogen) atoms. The van der Waals surface area contributed by atoms with E-state index in [-0.39, 0.29) is 24.0 Å². The van der Waals surface area contributed by atoms with Crippen molar-refractivity contribution < 1.29 is 4.74 Å². The van der Waals surface area contributed by atoms with Gasteiger partial charge in [-0.15, -0.1) is 24.0 Å². The molecule has 5 nitrogen and oxygen atoms in total. The number of piperazine rings is 1. The Morgan fingerprint density at radius 2 is 1.92 bits per heavy atom. The standard InChI is InChI=1S/C17H25ClN4O.HI/c18-14-3-5-15(6-4-14)21-9-11-22(12-10-21)17(19)20-8-7-16-2-1-13-23-16;/h3-6,16H,1-2,7-13H2,(H2,19,20);1H. The third-order valence-electron chi connectivity index (χ3n) is 4.54. The van der Waals surface area contributed by atoms with E-state index in [9.17, 15) is 0 Å². The lowest BCUT2D eigenvalue weighted by molar-refractivity contribution is 0.106. The molecule has 2 aliphatic heterocycles. The molecule has 0 aliphatic carbocycles. The summed E-state index contributed by atoms with van der Waals surface area (Å²) >= 11 is 5.94. The van der Waals surface area contributed by atoms with Crippen molar-refractivity contribution in [2.75, 3.05) is 44.2 Å². The Morgan fingerprint density at radius 1 is 1.21 bits per heavy atom. The van der Waals surface area contributed by atoms with E-state index in [1.165, 1.54) is 12.1 Å². The van der Waals surface area contributed by atoms with Crippen LogP contribution in [0.4, 0.5) is 5.69 Å².